The molecule has 1 aliphatic heterocycles. The van der Waals surface area contributed by atoms with Crippen molar-refractivity contribution in [1.82, 2.24) is 0 Å². The number of carbonyl (C=O) groups is 1. The minimum absolute atomic E-state index is 0. The van der Waals surface area contributed by atoms with E-state index in [1.807, 2.05) is 27.7 Å². The summed E-state index contributed by atoms with van der Waals surface area (Å²) in [6.45, 7) is 7.65. The number of nitrogens with zero attached hydrogens (tertiary/aromatic N) is 1. The van der Waals surface area contributed by atoms with Gasteiger partial charge in [0.15, 0.2) is 0 Å². The van der Waals surface area contributed by atoms with Crippen molar-refractivity contribution in [2.45, 2.75) is 27.7 Å². The monoisotopic (exact) mass is 223 g/mol. The quantitative estimate of drug-likeness (QED) is 0.530. The van der Waals surface area contributed by atoms with E-state index in [0.717, 1.165) is 11.3 Å². The van der Waals surface area contributed by atoms with Gasteiger partial charge in [-0.05, 0) is 6.92 Å². The van der Waals surface area contributed by atoms with Crippen LogP contribution in [0.15, 0.2) is 11.3 Å². The molecule has 0 aliphatic carbocycles. The fraction of sp³-hybridized carbons (Fsp3) is 0.625. The Morgan fingerprint density at radius 3 is 1.82 bits per heavy atom. The number of carbonyl (C=O) groups excluding carboxylic acids is 1. The average molecular weight is 224 g/mol. The first kappa shape index (κ1) is 12.0. The summed E-state index contributed by atoms with van der Waals surface area (Å²) in [5.41, 5.74) is 1.64. The molecule has 3 heteroatoms. The maximum absolute atomic E-state index is 11.1. The molecule has 0 spiro atoms. The fourth-order valence-corrected chi connectivity index (χ4v) is 0.989. The van der Waals surface area contributed by atoms with Crippen LogP contribution in [0.4, 0.5) is 0 Å². The van der Waals surface area contributed by atoms with Crippen molar-refractivity contribution in [1.29, 1.82) is 0 Å². The molecule has 0 aromatic carbocycles. The third-order valence-electron chi connectivity index (χ3n) is 2.28. The molecular formula is C8H12NORb. The molecule has 0 saturated heterocycles. The Labute approximate surface area is 117 Å². The zero-order valence-electron chi connectivity index (χ0n) is 7.86. The topological polar surface area (TPSA) is 31.2 Å². The van der Waals surface area contributed by atoms with Gasteiger partial charge in [0.05, 0.1) is 5.91 Å². The van der Waals surface area contributed by atoms with Crippen molar-refractivity contribution >= 4 is 5.91 Å². The third kappa shape index (κ3) is 2.03. The Morgan fingerprint density at radius 1 is 1.27 bits per heavy atom. The molecule has 0 N–H and O–H groups in total. The molecule has 0 atom stereocenters. The third-order valence-corrected chi connectivity index (χ3v) is 2.28. The van der Waals surface area contributed by atoms with Crippen LogP contribution in [0.1, 0.15) is 27.7 Å². The zero-order valence-corrected chi connectivity index (χ0v) is 12.8. The van der Waals surface area contributed by atoms with Gasteiger partial charge >= 0.3 is 58.2 Å². The van der Waals surface area contributed by atoms with Gasteiger partial charge in [-0.1, -0.05) is 26.3 Å². The van der Waals surface area contributed by atoms with Gasteiger partial charge in [-0.2, -0.15) is 5.70 Å². The van der Waals surface area contributed by atoms with E-state index in [1.165, 1.54) is 0 Å². The number of rotatable bonds is 0. The van der Waals surface area contributed by atoms with E-state index in [0.29, 0.717) is 0 Å². The molecule has 0 aromatic rings. The van der Waals surface area contributed by atoms with E-state index < -0.39 is 0 Å². The van der Waals surface area contributed by atoms with Gasteiger partial charge in [0, 0.05) is 5.41 Å². The first-order valence-corrected chi connectivity index (χ1v) is 3.40. The van der Waals surface area contributed by atoms with Gasteiger partial charge in [0.1, 0.15) is 0 Å². The van der Waals surface area contributed by atoms with Crippen molar-refractivity contribution in [3.63, 3.8) is 0 Å². The molecule has 2 nitrogen and oxygen atoms in total. The van der Waals surface area contributed by atoms with Gasteiger partial charge in [-0.3, -0.25) is 0 Å². The molecular weight excluding hydrogens is 212 g/mol. The molecule has 0 radical (unpaired) electrons. The van der Waals surface area contributed by atoms with Gasteiger partial charge < -0.3 is 10.1 Å². The van der Waals surface area contributed by atoms with E-state index >= 15 is 0 Å². The van der Waals surface area contributed by atoms with Crippen molar-refractivity contribution in [3.05, 3.63) is 16.6 Å². The van der Waals surface area contributed by atoms with Crippen LogP contribution in [-0.2, 0) is 4.79 Å². The van der Waals surface area contributed by atoms with Crippen molar-refractivity contribution < 1.29 is 63.0 Å². The Bertz CT molecular complexity index is 218. The summed E-state index contributed by atoms with van der Waals surface area (Å²) in [6.07, 6.45) is 0. The summed E-state index contributed by atoms with van der Waals surface area (Å²) in [5.74, 6) is -0.0116. The van der Waals surface area contributed by atoms with Crippen LogP contribution in [0.3, 0.4) is 0 Å². The smallest absolute Gasteiger partial charge is 0.630 e. The second-order valence-corrected chi connectivity index (χ2v) is 3.25. The van der Waals surface area contributed by atoms with Crippen LogP contribution in [0.2, 0.25) is 0 Å². The Balaban J connectivity index is 0.000001000. The van der Waals surface area contributed by atoms with Crippen molar-refractivity contribution in [3.8, 4) is 0 Å². The molecule has 1 amide bonds. The Kier molecular flexibility index (Phi) is 4.17. The van der Waals surface area contributed by atoms with Crippen molar-refractivity contribution in [2.24, 2.45) is 5.41 Å². The standard InChI is InChI=1S/C8H13NO.Rb/c1-5-6(2)9-7(10)8(5,3)4;/h1-4H3,(H,9,10);/q;+1/p-1. The Morgan fingerprint density at radius 2 is 1.73 bits per heavy atom. The predicted octanol–water partition coefficient (Wildman–Crippen LogP) is -0.776. The van der Waals surface area contributed by atoms with Gasteiger partial charge in [-0.15, -0.1) is 0 Å². The minimum Gasteiger partial charge on any atom is -0.630 e. The summed E-state index contributed by atoms with van der Waals surface area (Å²) in [5, 5.41) is 3.86. The molecule has 1 aliphatic rings. The Hall–Kier alpha value is 1.02. The summed E-state index contributed by atoms with van der Waals surface area (Å²) in [6, 6.07) is 0. The first-order chi connectivity index (χ1) is 4.46. The van der Waals surface area contributed by atoms with E-state index in [1.54, 1.807) is 0 Å². The minimum atomic E-state index is -0.343. The number of amides is 1. The SMILES string of the molecule is CC1=C(C)C(C)(C)C(=O)[N-]1.[Rb+]. The van der Waals surface area contributed by atoms with E-state index in [4.69, 9.17) is 0 Å². The molecule has 0 unspecified atom stereocenters. The van der Waals surface area contributed by atoms with Crippen molar-refractivity contribution in [2.75, 3.05) is 0 Å². The summed E-state index contributed by atoms with van der Waals surface area (Å²) in [7, 11) is 0. The molecule has 56 valence electrons. The van der Waals surface area contributed by atoms with Gasteiger partial charge in [0.2, 0.25) is 0 Å². The van der Waals surface area contributed by atoms with Crippen LogP contribution in [0.25, 0.3) is 5.32 Å². The van der Waals surface area contributed by atoms with E-state index in [-0.39, 0.29) is 69.5 Å². The summed E-state index contributed by atoms with van der Waals surface area (Å²) in [4.78, 5) is 11.1. The summed E-state index contributed by atoms with van der Waals surface area (Å²) < 4.78 is 0. The van der Waals surface area contributed by atoms with Crippen LogP contribution >= 0.6 is 0 Å². The molecule has 1 rings (SSSR count). The van der Waals surface area contributed by atoms with Gasteiger partial charge in [-0.25, -0.2) is 0 Å². The fourth-order valence-electron chi connectivity index (χ4n) is 0.989. The van der Waals surface area contributed by atoms with E-state index in [2.05, 4.69) is 5.32 Å². The molecule has 0 aromatic heterocycles. The number of hydrogen-bond acceptors (Lipinski definition) is 1. The normalized spacial score (nSPS) is 21.3. The van der Waals surface area contributed by atoms with Crippen LogP contribution in [-0.4, -0.2) is 5.91 Å². The second kappa shape index (κ2) is 3.82. The average Bonchev–Trinajstić information content (AvgIpc) is 1.97. The largest absolute Gasteiger partial charge is 1.00 e. The number of hydrogen-bond donors (Lipinski definition) is 0. The number of allylic oxidation sites excluding steroid dienone is 1. The maximum atomic E-state index is 11.1. The van der Waals surface area contributed by atoms with E-state index in [9.17, 15) is 4.79 Å². The maximum Gasteiger partial charge on any atom is 1.00 e. The predicted molar refractivity (Wildman–Crippen MR) is 40.5 cm³/mol. The van der Waals surface area contributed by atoms with Gasteiger partial charge in [0.25, 0.3) is 0 Å². The molecule has 0 fully saturated rings. The van der Waals surface area contributed by atoms with Crippen LogP contribution in [0.5, 0.6) is 0 Å². The summed E-state index contributed by atoms with van der Waals surface area (Å²) >= 11 is 0. The molecule has 0 saturated carbocycles. The molecule has 0 bridgehead atoms. The first-order valence-electron chi connectivity index (χ1n) is 3.40. The second-order valence-electron chi connectivity index (χ2n) is 3.25. The van der Waals surface area contributed by atoms with Crippen LogP contribution < -0.4 is 58.2 Å². The van der Waals surface area contributed by atoms with Crippen LogP contribution in [0, 0.1) is 5.41 Å². The zero-order chi connectivity index (χ0) is 7.94. The molecule has 11 heavy (non-hydrogen) atoms. The molecule has 1 heterocycles.